The Morgan fingerprint density at radius 1 is 1.17 bits per heavy atom. The molecule has 0 fully saturated rings. The van der Waals surface area contributed by atoms with E-state index >= 15 is 0 Å². The molecular weight excluding hydrogens is 551 g/mol. The summed E-state index contributed by atoms with van der Waals surface area (Å²) < 4.78 is 48.7. The van der Waals surface area contributed by atoms with Crippen LogP contribution in [0.25, 0.3) is 0 Å². The van der Waals surface area contributed by atoms with Gasteiger partial charge in [0.1, 0.15) is 18.9 Å². The Bertz CT molecular complexity index is 1480. The van der Waals surface area contributed by atoms with E-state index in [9.17, 15) is 17.9 Å². The second-order valence-electron chi connectivity index (χ2n) is 9.69. The Kier molecular flexibility index (Phi) is 12.0. The third-order valence-corrected chi connectivity index (χ3v) is 6.64. The number of hydrogen-bond donors (Lipinski definition) is 3. The van der Waals surface area contributed by atoms with Gasteiger partial charge in [0.05, 0.1) is 38.8 Å². The Hall–Kier alpha value is -4.25. The van der Waals surface area contributed by atoms with E-state index in [1.54, 1.807) is 43.3 Å². The fourth-order valence-electron chi connectivity index (χ4n) is 3.04. The lowest BCUT2D eigenvalue weighted by molar-refractivity contribution is -0.870. The number of terminal acetylenes is 1. The molecular formula is C28H35FN6O5S. The molecule has 41 heavy (non-hydrogen) atoms. The van der Waals surface area contributed by atoms with Crippen molar-refractivity contribution in [2.75, 3.05) is 51.5 Å². The highest BCUT2D eigenvalue weighted by Crippen LogP contribution is 2.25. The van der Waals surface area contributed by atoms with Crippen LogP contribution in [0, 0.1) is 25.1 Å². The van der Waals surface area contributed by atoms with Gasteiger partial charge < -0.3 is 30.1 Å². The van der Waals surface area contributed by atoms with Gasteiger partial charge in [0.25, 0.3) is 10.0 Å². The summed E-state index contributed by atoms with van der Waals surface area (Å²) in [5.41, 5.74) is 1.27. The molecule has 0 spiro atoms. The zero-order valence-electron chi connectivity index (χ0n) is 23.7. The predicted octanol–water partition coefficient (Wildman–Crippen LogP) is 2.97. The Morgan fingerprint density at radius 2 is 1.83 bits per heavy atom. The number of halogens is 1. The number of aryl methyl sites for hydroxylation is 1. The number of aliphatic hydroxyl groups is 1. The molecule has 0 atom stereocenters. The van der Waals surface area contributed by atoms with Crippen LogP contribution in [0.2, 0.25) is 0 Å². The lowest BCUT2D eigenvalue weighted by atomic mass is 10.2. The van der Waals surface area contributed by atoms with E-state index in [1.165, 1.54) is 13.0 Å². The number of hydrogen-bond acceptors (Lipinski definition) is 9. The van der Waals surface area contributed by atoms with Gasteiger partial charge in [-0.25, -0.2) is 9.37 Å². The molecule has 2 aromatic carbocycles. The van der Waals surface area contributed by atoms with E-state index < -0.39 is 21.7 Å². The summed E-state index contributed by atoms with van der Waals surface area (Å²) in [4.78, 5) is 7.88. The number of ether oxygens (including phenoxy) is 1. The molecule has 0 saturated heterocycles. The largest absolute Gasteiger partial charge is 0.861 e. The SMILES string of the molecule is C#CCOc1ccc(Nc2nc(Nc3ccc(C)c(S(=O)(=O)/N=C(\[O-])CC)c3)ncc2F)cc1.C[N+](C)(C)CCO. The van der Waals surface area contributed by atoms with Crippen molar-refractivity contribution in [3.05, 3.63) is 60.0 Å². The van der Waals surface area contributed by atoms with Gasteiger partial charge in [-0.2, -0.15) is 17.8 Å². The van der Waals surface area contributed by atoms with E-state index in [0.29, 0.717) is 22.7 Å². The maximum atomic E-state index is 14.3. The lowest BCUT2D eigenvalue weighted by Crippen LogP contribution is -2.36. The molecule has 0 aliphatic heterocycles. The van der Waals surface area contributed by atoms with E-state index in [4.69, 9.17) is 16.3 Å². The summed E-state index contributed by atoms with van der Waals surface area (Å²) in [5, 5.41) is 25.6. The van der Waals surface area contributed by atoms with Crippen molar-refractivity contribution in [3.8, 4) is 18.1 Å². The molecule has 220 valence electrons. The normalized spacial score (nSPS) is 11.6. The minimum Gasteiger partial charge on any atom is -0.861 e. The molecule has 0 aliphatic carbocycles. The van der Waals surface area contributed by atoms with Crippen molar-refractivity contribution < 1.29 is 32.2 Å². The lowest BCUT2D eigenvalue weighted by Gasteiger charge is -2.21. The minimum atomic E-state index is -4.18. The number of benzene rings is 2. The van der Waals surface area contributed by atoms with E-state index in [1.807, 2.05) is 0 Å². The van der Waals surface area contributed by atoms with Crippen LogP contribution in [0.15, 0.2) is 58.0 Å². The molecule has 0 amide bonds. The number of sulfonamides is 1. The molecule has 0 bridgehead atoms. The molecule has 0 radical (unpaired) electrons. The summed E-state index contributed by atoms with van der Waals surface area (Å²) >= 11 is 0. The summed E-state index contributed by atoms with van der Waals surface area (Å²) in [6, 6.07) is 11.1. The number of aromatic nitrogens is 2. The second kappa shape index (κ2) is 14.9. The van der Waals surface area contributed by atoms with Gasteiger partial charge in [0.15, 0.2) is 11.6 Å². The molecule has 11 nitrogen and oxygen atoms in total. The third-order valence-electron chi connectivity index (χ3n) is 5.20. The summed E-state index contributed by atoms with van der Waals surface area (Å²) in [5.74, 6) is 1.41. The monoisotopic (exact) mass is 586 g/mol. The highest BCUT2D eigenvalue weighted by Gasteiger charge is 2.17. The van der Waals surface area contributed by atoms with E-state index in [0.717, 1.165) is 17.2 Å². The average molecular weight is 587 g/mol. The standard InChI is InChI=1S/C23H22FN5O4S.C5H14NO/c1-4-12-33-18-10-8-16(9-11-18)26-22-19(24)14-25-23(28-22)27-17-7-6-15(3)20(13-17)34(31,32)29-21(30)5-2;1-6(2,3)4-5-7/h1,6-11,13-14H,5,12H2,2-3H3,(H,29,30)(H2,25,26,27,28);7H,4-5H2,1-3H3/q;+1/p-1. The summed E-state index contributed by atoms with van der Waals surface area (Å²) in [6.45, 7) is 4.35. The first-order valence-corrected chi connectivity index (χ1v) is 14.0. The van der Waals surface area contributed by atoms with Gasteiger partial charge in [-0.1, -0.05) is 18.9 Å². The highest BCUT2D eigenvalue weighted by atomic mass is 32.2. The van der Waals surface area contributed by atoms with Gasteiger partial charge >= 0.3 is 0 Å². The van der Waals surface area contributed by atoms with Crippen molar-refractivity contribution in [2.24, 2.45) is 4.40 Å². The molecule has 3 aromatic rings. The number of nitrogens with zero attached hydrogens (tertiary/aromatic N) is 4. The van der Waals surface area contributed by atoms with Crippen LogP contribution in [0.3, 0.4) is 0 Å². The predicted molar refractivity (Wildman–Crippen MR) is 155 cm³/mol. The molecule has 13 heteroatoms. The Labute approximate surface area is 240 Å². The van der Waals surface area contributed by atoms with Gasteiger partial charge in [-0.05, 0) is 61.2 Å². The molecule has 1 heterocycles. The number of quaternary nitrogens is 1. The smallest absolute Gasteiger partial charge is 0.281 e. The highest BCUT2D eigenvalue weighted by molar-refractivity contribution is 7.90. The third kappa shape index (κ3) is 11.0. The van der Waals surface area contributed by atoms with Crippen LogP contribution in [0.4, 0.5) is 27.5 Å². The van der Waals surface area contributed by atoms with Crippen molar-refractivity contribution in [2.45, 2.75) is 25.2 Å². The van der Waals surface area contributed by atoms with Crippen molar-refractivity contribution in [1.82, 2.24) is 9.97 Å². The van der Waals surface area contributed by atoms with Gasteiger partial charge in [0.2, 0.25) is 5.95 Å². The summed E-state index contributed by atoms with van der Waals surface area (Å²) in [7, 11) is 1.97. The fourth-order valence-corrected chi connectivity index (χ4v) is 4.29. The number of anilines is 4. The number of rotatable bonds is 11. The molecule has 0 aliphatic rings. The Balaban J connectivity index is 0.000000745. The maximum Gasteiger partial charge on any atom is 0.281 e. The van der Waals surface area contributed by atoms with Crippen molar-refractivity contribution in [1.29, 1.82) is 0 Å². The molecule has 0 unspecified atom stereocenters. The quantitative estimate of drug-likeness (QED) is 0.133. The van der Waals surface area contributed by atoms with Gasteiger partial charge in [-0.3, -0.25) is 0 Å². The molecule has 1 aromatic heterocycles. The maximum absolute atomic E-state index is 14.3. The first kappa shape index (κ1) is 33.0. The minimum absolute atomic E-state index is 0.0200. The molecule has 3 N–H and O–H groups in total. The van der Waals surface area contributed by atoms with E-state index in [2.05, 4.69) is 52.1 Å². The van der Waals surface area contributed by atoms with Crippen LogP contribution in [-0.4, -0.2) is 74.8 Å². The first-order chi connectivity index (χ1) is 19.3. The number of nitrogens with one attached hydrogen (secondary N) is 2. The zero-order valence-corrected chi connectivity index (χ0v) is 24.5. The van der Waals surface area contributed by atoms with Crippen LogP contribution < -0.4 is 20.5 Å². The Morgan fingerprint density at radius 3 is 2.39 bits per heavy atom. The number of likely N-dealkylation sites (N-methyl/N-ethyl adjacent to an activating group) is 1. The first-order valence-electron chi connectivity index (χ1n) is 12.5. The number of aliphatic hydroxyl groups excluding tert-OH is 1. The second-order valence-corrected chi connectivity index (χ2v) is 11.3. The van der Waals surface area contributed by atoms with Crippen LogP contribution >= 0.6 is 0 Å². The van der Waals surface area contributed by atoms with Crippen molar-refractivity contribution in [3.63, 3.8) is 0 Å². The van der Waals surface area contributed by atoms with Gasteiger partial charge in [-0.15, -0.1) is 6.42 Å². The average Bonchev–Trinajstić information content (AvgIpc) is 2.90. The van der Waals surface area contributed by atoms with Crippen LogP contribution in [0.1, 0.15) is 18.9 Å². The van der Waals surface area contributed by atoms with Crippen LogP contribution in [-0.2, 0) is 10.0 Å². The van der Waals surface area contributed by atoms with Crippen molar-refractivity contribution >= 4 is 39.1 Å². The van der Waals surface area contributed by atoms with E-state index in [-0.39, 0.29) is 36.3 Å². The summed E-state index contributed by atoms with van der Waals surface area (Å²) in [6.07, 6.45) is 6.10. The molecule has 3 rings (SSSR count). The fraction of sp³-hybridized carbons (Fsp3) is 0.321. The molecule has 0 saturated carbocycles. The van der Waals surface area contributed by atoms with Crippen LogP contribution in [0.5, 0.6) is 5.75 Å². The zero-order chi connectivity index (χ0) is 30.6. The van der Waals surface area contributed by atoms with Gasteiger partial charge in [0, 0.05) is 11.4 Å². The topological polar surface area (TPSA) is 149 Å².